The maximum atomic E-state index is 13.6. The lowest BCUT2D eigenvalue weighted by Crippen LogP contribution is -2.32. The predicted octanol–water partition coefficient (Wildman–Crippen LogP) is 7.32. The van der Waals surface area contributed by atoms with Crippen LogP contribution < -0.4 is 5.32 Å². The lowest BCUT2D eigenvalue weighted by atomic mass is 10.0. The van der Waals surface area contributed by atoms with E-state index in [1.54, 1.807) is 0 Å². The molecule has 0 atom stereocenters. The molecule has 0 aliphatic heterocycles. The van der Waals surface area contributed by atoms with Crippen LogP contribution in [0.15, 0.2) is 108 Å². The Bertz CT molecular complexity index is 1860. The van der Waals surface area contributed by atoms with Gasteiger partial charge in [-0.2, -0.15) is 17.5 Å². The topological polar surface area (TPSA) is 75.2 Å². The van der Waals surface area contributed by atoms with E-state index in [9.17, 15) is 21.6 Å². The third-order valence-corrected chi connectivity index (χ3v) is 9.40. The fourth-order valence-electron chi connectivity index (χ4n) is 5.12. The Hall–Kier alpha value is -4.28. The summed E-state index contributed by atoms with van der Waals surface area (Å²) >= 11 is 0. The van der Waals surface area contributed by atoms with Crippen molar-refractivity contribution < 1.29 is 21.6 Å². The molecular weight excluding hydrogens is 573 g/mol. The first-order valence-electron chi connectivity index (χ1n) is 14.0. The Morgan fingerprint density at radius 2 is 1.56 bits per heavy atom. The van der Waals surface area contributed by atoms with Gasteiger partial charge in [0.1, 0.15) is 12.1 Å². The molecule has 1 aromatic heterocycles. The third kappa shape index (κ3) is 6.55. The summed E-state index contributed by atoms with van der Waals surface area (Å²) in [6, 6.07) is 27.3. The van der Waals surface area contributed by atoms with E-state index in [0.29, 0.717) is 25.5 Å². The number of sulfonamides is 1. The fourth-order valence-corrected chi connectivity index (χ4v) is 6.84. The lowest BCUT2D eigenvalue weighted by molar-refractivity contribution is -0.137. The van der Waals surface area contributed by atoms with Crippen molar-refractivity contribution in [3.8, 4) is 11.1 Å². The highest BCUT2D eigenvalue weighted by Gasteiger charge is 2.39. The molecule has 220 valence electrons. The minimum Gasteiger partial charge on any atom is -0.369 e. The highest BCUT2D eigenvalue weighted by molar-refractivity contribution is 7.89. The zero-order valence-corrected chi connectivity index (χ0v) is 23.9. The lowest BCUT2D eigenvalue weighted by Gasteiger charge is -2.23. The molecule has 0 radical (unpaired) electrons. The van der Waals surface area contributed by atoms with E-state index in [1.807, 2.05) is 60.7 Å². The molecule has 43 heavy (non-hydrogen) atoms. The maximum absolute atomic E-state index is 13.6. The van der Waals surface area contributed by atoms with Gasteiger partial charge in [0.25, 0.3) is 0 Å². The number of rotatable bonds is 10. The molecule has 6 nitrogen and oxygen atoms in total. The van der Waals surface area contributed by atoms with Gasteiger partial charge in [-0.25, -0.2) is 18.4 Å². The van der Waals surface area contributed by atoms with Crippen LogP contribution in [-0.2, 0) is 29.2 Å². The quantitative estimate of drug-likeness (QED) is 0.181. The van der Waals surface area contributed by atoms with Gasteiger partial charge in [0.2, 0.25) is 10.0 Å². The summed E-state index contributed by atoms with van der Waals surface area (Å²) in [5.41, 5.74) is 3.57. The number of benzene rings is 4. The smallest absolute Gasteiger partial charge is 0.369 e. The molecule has 1 saturated carbocycles. The average molecular weight is 603 g/mol. The molecule has 0 unspecified atom stereocenters. The Morgan fingerprint density at radius 3 is 2.33 bits per heavy atom. The van der Waals surface area contributed by atoms with Crippen LogP contribution >= 0.6 is 0 Å². The van der Waals surface area contributed by atoms with Crippen LogP contribution in [0.1, 0.15) is 29.5 Å². The number of nitrogens with zero attached hydrogens (tertiary/aromatic N) is 3. The highest BCUT2D eigenvalue weighted by Crippen LogP contribution is 2.36. The molecular formula is C33H29F3N4O2S. The number of hydrogen-bond acceptors (Lipinski definition) is 5. The maximum Gasteiger partial charge on any atom is 0.416 e. The number of hydrogen-bond donors (Lipinski definition) is 1. The van der Waals surface area contributed by atoms with E-state index < -0.39 is 21.8 Å². The normalized spacial score (nSPS) is 13.9. The number of alkyl halides is 3. The standard InChI is InChI=1S/C33H29F3N4O2S/c34-33(35,36)27-10-5-11-29(20-27)43(41,42)40(28-13-14-28)21-24-8-4-9-25(18-24)26-12-15-31-30(19-26)32(39-22-38-31)37-17-16-23-6-2-1-3-7-23/h1-12,15,18-20,22,28H,13-14,16-17,21H2,(H,37,38,39). The monoisotopic (exact) mass is 602 g/mol. The van der Waals surface area contributed by atoms with Gasteiger partial charge < -0.3 is 5.32 Å². The molecule has 0 saturated heterocycles. The Labute approximate surface area is 248 Å². The van der Waals surface area contributed by atoms with Gasteiger partial charge >= 0.3 is 6.18 Å². The number of fused-ring (bicyclic) bond motifs is 1. The second-order valence-electron chi connectivity index (χ2n) is 10.6. The van der Waals surface area contributed by atoms with Crippen molar-refractivity contribution in [3.05, 3.63) is 120 Å². The average Bonchev–Trinajstić information content (AvgIpc) is 3.85. The van der Waals surface area contributed by atoms with Crippen LogP contribution in [0, 0.1) is 0 Å². The summed E-state index contributed by atoms with van der Waals surface area (Å²) < 4.78 is 68.4. The summed E-state index contributed by atoms with van der Waals surface area (Å²) in [5, 5.41) is 4.29. The van der Waals surface area contributed by atoms with Crippen LogP contribution in [0.4, 0.5) is 19.0 Å². The first-order valence-corrected chi connectivity index (χ1v) is 15.4. The van der Waals surface area contributed by atoms with Gasteiger partial charge in [0.15, 0.2) is 0 Å². The van der Waals surface area contributed by atoms with E-state index in [4.69, 9.17) is 0 Å². The Morgan fingerprint density at radius 1 is 0.814 bits per heavy atom. The van der Waals surface area contributed by atoms with E-state index >= 15 is 0 Å². The molecule has 4 aromatic carbocycles. The van der Waals surface area contributed by atoms with Gasteiger partial charge in [-0.15, -0.1) is 0 Å². The van der Waals surface area contributed by atoms with E-state index in [-0.39, 0.29) is 17.5 Å². The number of anilines is 1. The Balaban J connectivity index is 1.25. The summed E-state index contributed by atoms with van der Waals surface area (Å²) in [4.78, 5) is 8.52. The van der Waals surface area contributed by atoms with E-state index in [2.05, 4.69) is 27.4 Å². The summed E-state index contributed by atoms with van der Waals surface area (Å²) in [7, 11) is -4.15. The first kappa shape index (κ1) is 28.8. The molecule has 1 heterocycles. The summed E-state index contributed by atoms with van der Waals surface area (Å²) in [5.74, 6) is 0.728. The van der Waals surface area contributed by atoms with Crippen molar-refractivity contribution in [2.24, 2.45) is 0 Å². The minimum atomic E-state index is -4.63. The molecule has 5 aromatic rings. The fraction of sp³-hybridized carbons (Fsp3) is 0.212. The number of aromatic nitrogens is 2. The highest BCUT2D eigenvalue weighted by atomic mass is 32.2. The van der Waals surface area contributed by atoms with Crippen LogP contribution in [0.5, 0.6) is 0 Å². The van der Waals surface area contributed by atoms with Crippen molar-refractivity contribution in [1.29, 1.82) is 0 Å². The van der Waals surface area contributed by atoms with E-state index in [1.165, 1.54) is 22.3 Å². The zero-order valence-electron chi connectivity index (χ0n) is 23.1. The zero-order chi connectivity index (χ0) is 30.0. The van der Waals surface area contributed by atoms with Gasteiger partial charge in [-0.05, 0) is 77.9 Å². The van der Waals surface area contributed by atoms with Gasteiger partial charge in [-0.3, -0.25) is 0 Å². The van der Waals surface area contributed by atoms with Gasteiger partial charge in [-0.1, -0.05) is 60.7 Å². The summed E-state index contributed by atoms with van der Waals surface area (Å²) in [6.07, 6.45) is -0.919. The SMILES string of the molecule is O=S(=O)(c1cccc(C(F)(F)F)c1)N(Cc1cccc(-c2ccc3ncnc(NCCc4ccccc4)c3c2)c1)C1CC1. The van der Waals surface area contributed by atoms with Crippen molar-refractivity contribution >= 4 is 26.7 Å². The molecule has 1 fully saturated rings. The first-order chi connectivity index (χ1) is 20.7. The second kappa shape index (κ2) is 11.8. The van der Waals surface area contributed by atoms with Crippen LogP contribution in [0.25, 0.3) is 22.0 Å². The second-order valence-corrected chi connectivity index (χ2v) is 12.5. The summed E-state index contributed by atoms with van der Waals surface area (Å²) in [6.45, 7) is 0.757. The molecule has 0 spiro atoms. The molecule has 1 N–H and O–H groups in total. The van der Waals surface area contributed by atoms with E-state index in [0.717, 1.165) is 52.0 Å². The molecule has 0 amide bonds. The molecule has 1 aliphatic carbocycles. The van der Waals surface area contributed by atoms with Crippen molar-refractivity contribution in [3.63, 3.8) is 0 Å². The van der Waals surface area contributed by atoms with Crippen molar-refractivity contribution in [2.45, 2.75) is 42.9 Å². The number of halogens is 3. The Kier molecular flexibility index (Phi) is 7.89. The molecule has 1 aliphatic rings. The number of nitrogens with one attached hydrogen (secondary N) is 1. The van der Waals surface area contributed by atoms with Crippen LogP contribution in [-0.4, -0.2) is 35.3 Å². The van der Waals surface area contributed by atoms with Gasteiger partial charge in [0, 0.05) is 24.5 Å². The molecule has 0 bridgehead atoms. The predicted molar refractivity (Wildman–Crippen MR) is 161 cm³/mol. The van der Waals surface area contributed by atoms with Crippen LogP contribution in [0.2, 0.25) is 0 Å². The van der Waals surface area contributed by atoms with Crippen LogP contribution in [0.3, 0.4) is 0 Å². The third-order valence-electron chi connectivity index (χ3n) is 7.51. The molecule has 6 rings (SSSR count). The van der Waals surface area contributed by atoms with Gasteiger partial charge in [0.05, 0.1) is 16.0 Å². The van der Waals surface area contributed by atoms with Crippen molar-refractivity contribution in [1.82, 2.24) is 14.3 Å². The van der Waals surface area contributed by atoms with Crippen molar-refractivity contribution in [2.75, 3.05) is 11.9 Å². The minimum absolute atomic E-state index is 0.0556. The molecule has 10 heteroatoms. The largest absolute Gasteiger partial charge is 0.416 e.